The Morgan fingerprint density at radius 1 is 1.06 bits per heavy atom. The van der Waals surface area contributed by atoms with Crippen LogP contribution in [0.1, 0.15) is 48.0 Å². The fourth-order valence-electron chi connectivity index (χ4n) is 3.57. The Morgan fingerprint density at radius 3 is 2.44 bits per heavy atom. The van der Waals surface area contributed by atoms with Crippen LogP contribution >= 0.6 is 0 Å². The van der Waals surface area contributed by atoms with Crippen LogP contribution < -0.4 is 4.74 Å². The SMILES string of the molecule is COC(=O)c1[nH]c(C)c(C(=O)CN(Cc2ccncc2)C(=O)c2cccc(OC)c2)c1C. The van der Waals surface area contributed by atoms with E-state index in [-0.39, 0.29) is 30.5 Å². The normalized spacial score (nSPS) is 10.5. The summed E-state index contributed by atoms with van der Waals surface area (Å²) < 4.78 is 10.0. The monoisotopic (exact) mass is 435 g/mol. The van der Waals surface area contributed by atoms with Crippen molar-refractivity contribution in [1.82, 2.24) is 14.9 Å². The van der Waals surface area contributed by atoms with Crippen molar-refractivity contribution < 1.29 is 23.9 Å². The first-order valence-corrected chi connectivity index (χ1v) is 9.98. The molecule has 8 heteroatoms. The molecule has 0 radical (unpaired) electrons. The summed E-state index contributed by atoms with van der Waals surface area (Å²) in [5.74, 6) is -0.596. The second-order valence-electron chi connectivity index (χ2n) is 7.29. The summed E-state index contributed by atoms with van der Waals surface area (Å²) in [5.41, 5.74) is 2.89. The molecule has 3 aromatic rings. The minimum atomic E-state index is -0.550. The maximum atomic E-state index is 13.3. The zero-order valence-electron chi connectivity index (χ0n) is 18.5. The van der Waals surface area contributed by atoms with Gasteiger partial charge in [-0.05, 0) is 55.3 Å². The Hall–Kier alpha value is -3.94. The summed E-state index contributed by atoms with van der Waals surface area (Å²) in [6, 6.07) is 10.4. The molecule has 0 aliphatic heterocycles. The minimum absolute atomic E-state index is 0.168. The van der Waals surface area contributed by atoms with Crippen molar-refractivity contribution in [2.24, 2.45) is 0 Å². The Labute approximate surface area is 186 Å². The van der Waals surface area contributed by atoms with Crippen LogP contribution in [0.5, 0.6) is 5.75 Å². The number of carbonyl (C=O) groups excluding carboxylic acids is 3. The number of esters is 1. The summed E-state index contributed by atoms with van der Waals surface area (Å²) in [7, 11) is 2.81. The zero-order chi connectivity index (χ0) is 23.3. The molecule has 32 heavy (non-hydrogen) atoms. The number of ketones is 1. The molecule has 0 spiro atoms. The molecule has 0 aliphatic rings. The molecule has 0 saturated carbocycles. The Morgan fingerprint density at radius 2 is 1.78 bits per heavy atom. The van der Waals surface area contributed by atoms with Crippen LogP contribution in [-0.4, -0.2) is 53.3 Å². The van der Waals surface area contributed by atoms with Crippen LogP contribution in [0.2, 0.25) is 0 Å². The number of carbonyl (C=O) groups is 3. The summed E-state index contributed by atoms with van der Waals surface area (Å²) >= 11 is 0. The highest BCUT2D eigenvalue weighted by Crippen LogP contribution is 2.21. The second kappa shape index (κ2) is 9.91. The molecule has 0 fully saturated rings. The van der Waals surface area contributed by atoms with E-state index in [4.69, 9.17) is 9.47 Å². The number of aromatic amines is 1. The van der Waals surface area contributed by atoms with Crippen molar-refractivity contribution in [3.63, 3.8) is 0 Å². The van der Waals surface area contributed by atoms with E-state index in [1.165, 1.54) is 19.1 Å². The van der Waals surface area contributed by atoms with Gasteiger partial charge in [0, 0.05) is 35.8 Å². The smallest absolute Gasteiger partial charge is 0.354 e. The number of nitrogens with zero attached hydrogens (tertiary/aromatic N) is 2. The lowest BCUT2D eigenvalue weighted by atomic mass is 10.0. The zero-order valence-corrected chi connectivity index (χ0v) is 18.5. The highest BCUT2D eigenvalue weighted by Gasteiger charge is 2.26. The van der Waals surface area contributed by atoms with Gasteiger partial charge in [-0.2, -0.15) is 0 Å². The van der Waals surface area contributed by atoms with E-state index in [1.54, 1.807) is 62.6 Å². The van der Waals surface area contributed by atoms with Gasteiger partial charge in [-0.15, -0.1) is 0 Å². The highest BCUT2D eigenvalue weighted by molar-refractivity contribution is 6.05. The largest absolute Gasteiger partial charge is 0.497 e. The van der Waals surface area contributed by atoms with Crippen LogP contribution in [0, 0.1) is 13.8 Å². The highest BCUT2D eigenvalue weighted by atomic mass is 16.5. The Bertz CT molecular complexity index is 1140. The molecule has 0 atom stereocenters. The second-order valence-corrected chi connectivity index (χ2v) is 7.29. The molecule has 8 nitrogen and oxygen atoms in total. The molecule has 1 amide bonds. The maximum Gasteiger partial charge on any atom is 0.354 e. The lowest BCUT2D eigenvalue weighted by Crippen LogP contribution is -2.35. The van der Waals surface area contributed by atoms with Gasteiger partial charge in [0.2, 0.25) is 0 Å². The molecular weight excluding hydrogens is 410 g/mol. The molecule has 0 aliphatic carbocycles. The number of methoxy groups -OCH3 is 2. The van der Waals surface area contributed by atoms with E-state index in [0.29, 0.717) is 28.1 Å². The number of ether oxygens (including phenoxy) is 2. The number of H-pyrrole nitrogens is 1. The van der Waals surface area contributed by atoms with Crippen molar-refractivity contribution in [3.05, 3.63) is 82.4 Å². The van der Waals surface area contributed by atoms with Gasteiger partial charge in [-0.3, -0.25) is 14.6 Å². The molecule has 1 N–H and O–H groups in total. The topological polar surface area (TPSA) is 102 Å². The van der Waals surface area contributed by atoms with Crippen molar-refractivity contribution in [2.45, 2.75) is 20.4 Å². The lowest BCUT2D eigenvalue weighted by Gasteiger charge is -2.23. The molecule has 0 bridgehead atoms. The van der Waals surface area contributed by atoms with E-state index < -0.39 is 5.97 Å². The van der Waals surface area contributed by atoms with E-state index in [9.17, 15) is 14.4 Å². The van der Waals surface area contributed by atoms with E-state index in [1.807, 2.05) is 0 Å². The third kappa shape index (κ3) is 4.85. The number of rotatable bonds is 8. The maximum absolute atomic E-state index is 13.3. The van der Waals surface area contributed by atoms with Crippen LogP contribution in [-0.2, 0) is 11.3 Å². The van der Waals surface area contributed by atoms with Crippen molar-refractivity contribution in [3.8, 4) is 5.75 Å². The standard InChI is InChI=1S/C24H25N3O5/c1-15-21(16(2)26-22(15)24(30)32-4)20(28)14-27(13-17-8-10-25-11-9-17)23(29)18-6-5-7-19(12-18)31-3/h5-12,26H,13-14H2,1-4H3. The summed E-state index contributed by atoms with van der Waals surface area (Å²) in [6.45, 7) is 3.44. The van der Waals surface area contributed by atoms with Crippen molar-refractivity contribution in [1.29, 1.82) is 0 Å². The molecule has 2 aromatic heterocycles. The number of aromatic nitrogens is 2. The fourth-order valence-corrected chi connectivity index (χ4v) is 3.57. The Balaban J connectivity index is 1.93. The van der Waals surface area contributed by atoms with Gasteiger partial charge in [0.25, 0.3) is 5.91 Å². The number of aryl methyl sites for hydroxylation is 1. The number of pyridine rings is 1. The lowest BCUT2D eigenvalue weighted by molar-refractivity contribution is 0.0593. The van der Waals surface area contributed by atoms with Gasteiger partial charge < -0.3 is 19.4 Å². The van der Waals surface area contributed by atoms with Crippen LogP contribution in [0.4, 0.5) is 0 Å². The van der Waals surface area contributed by atoms with Gasteiger partial charge in [-0.25, -0.2) is 4.79 Å². The molecule has 166 valence electrons. The quantitative estimate of drug-likeness (QED) is 0.430. The number of hydrogen-bond acceptors (Lipinski definition) is 6. The number of nitrogens with one attached hydrogen (secondary N) is 1. The summed E-state index contributed by atoms with van der Waals surface area (Å²) in [4.78, 5) is 47.0. The molecule has 3 rings (SSSR count). The number of Topliss-reactive ketones (excluding diaryl/α,β-unsaturated/α-hetero) is 1. The van der Waals surface area contributed by atoms with E-state index in [0.717, 1.165) is 5.56 Å². The van der Waals surface area contributed by atoms with Crippen LogP contribution in [0.3, 0.4) is 0 Å². The van der Waals surface area contributed by atoms with Gasteiger partial charge in [0.05, 0.1) is 20.8 Å². The van der Waals surface area contributed by atoms with Crippen LogP contribution in [0.25, 0.3) is 0 Å². The third-order valence-corrected chi connectivity index (χ3v) is 5.17. The number of hydrogen-bond donors (Lipinski definition) is 1. The first-order chi connectivity index (χ1) is 15.3. The summed E-state index contributed by atoms with van der Waals surface area (Å²) in [6.07, 6.45) is 3.27. The number of benzene rings is 1. The predicted octanol–water partition coefficient (Wildman–Crippen LogP) is 3.35. The average Bonchev–Trinajstić information content (AvgIpc) is 3.12. The molecule has 2 heterocycles. The first-order valence-electron chi connectivity index (χ1n) is 9.98. The van der Waals surface area contributed by atoms with Gasteiger partial charge >= 0.3 is 5.97 Å². The minimum Gasteiger partial charge on any atom is -0.497 e. The van der Waals surface area contributed by atoms with E-state index in [2.05, 4.69) is 9.97 Å². The van der Waals surface area contributed by atoms with Crippen molar-refractivity contribution in [2.75, 3.05) is 20.8 Å². The van der Waals surface area contributed by atoms with E-state index >= 15 is 0 Å². The summed E-state index contributed by atoms with van der Waals surface area (Å²) in [5, 5.41) is 0. The first kappa shape index (κ1) is 22.7. The molecule has 0 unspecified atom stereocenters. The number of amides is 1. The molecule has 1 aromatic carbocycles. The van der Waals surface area contributed by atoms with Crippen LogP contribution in [0.15, 0.2) is 48.8 Å². The van der Waals surface area contributed by atoms with Gasteiger partial charge in [-0.1, -0.05) is 6.07 Å². The third-order valence-electron chi connectivity index (χ3n) is 5.17. The Kier molecular flexibility index (Phi) is 7.04. The van der Waals surface area contributed by atoms with Gasteiger partial charge in [0.1, 0.15) is 11.4 Å². The molecule has 0 saturated heterocycles. The van der Waals surface area contributed by atoms with Gasteiger partial charge in [0.15, 0.2) is 5.78 Å². The fraction of sp³-hybridized carbons (Fsp3) is 0.250. The average molecular weight is 435 g/mol. The van der Waals surface area contributed by atoms with Crippen molar-refractivity contribution >= 4 is 17.7 Å². The molecular formula is C24H25N3O5. The predicted molar refractivity (Wildman–Crippen MR) is 118 cm³/mol.